The topological polar surface area (TPSA) is 0 Å². The summed E-state index contributed by atoms with van der Waals surface area (Å²) in [6.45, 7) is 2.17. The molecule has 0 aliphatic heterocycles. The van der Waals surface area contributed by atoms with Crippen molar-refractivity contribution in [2.75, 3.05) is 0 Å². The van der Waals surface area contributed by atoms with Crippen molar-refractivity contribution in [2.45, 2.75) is 6.92 Å². The van der Waals surface area contributed by atoms with Gasteiger partial charge in [-0.3, -0.25) is 0 Å². The van der Waals surface area contributed by atoms with Gasteiger partial charge < -0.3 is 0 Å². The number of halogens is 1. The maximum absolute atomic E-state index is 2.38. The molecular weight excluding hydrogens is 291 g/mol. The van der Waals surface area contributed by atoms with Crippen LogP contribution in [0.3, 0.4) is 0 Å². The molecule has 0 bridgehead atoms. The minimum Gasteiger partial charge on any atom is -0.139 e. The van der Waals surface area contributed by atoms with Crippen LogP contribution in [0.1, 0.15) is 4.88 Å². The van der Waals surface area contributed by atoms with E-state index in [1.165, 1.54) is 18.9 Å². The second kappa shape index (κ2) is 3.80. The minimum atomic E-state index is 1.32. The third kappa shape index (κ3) is 1.94. The van der Waals surface area contributed by atoms with Crippen LogP contribution in [0.2, 0.25) is 0 Å². The highest BCUT2D eigenvalue weighted by Gasteiger charge is 2.03. The third-order valence-corrected chi connectivity index (χ3v) is 4.50. The summed E-state index contributed by atoms with van der Waals surface area (Å²) < 4.78 is 1.36. The lowest BCUT2D eigenvalue weighted by Gasteiger charge is -1.93. The Balaban J connectivity index is 2.48. The molecule has 13 heavy (non-hydrogen) atoms. The second-order valence-electron chi connectivity index (χ2n) is 2.88. The van der Waals surface area contributed by atoms with Crippen molar-refractivity contribution in [3.05, 3.63) is 44.8 Å². The molecule has 0 spiro atoms. The zero-order chi connectivity index (χ0) is 9.26. The molecule has 2 rings (SSSR count). The van der Waals surface area contributed by atoms with Crippen molar-refractivity contribution in [2.24, 2.45) is 0 Å². The predicted octanol–water partition coefficient (Wildman–Crippen LogP) is 4.33. The van der Waals surface area contributed by atoms with E-state index in [0.717, 1.165) is 0 Å². The molecule has 0 saturated heterocycles. The molecule has 0 N–H and O–H groups in total. The zero-order valence-electron chi connectivity index (χ0n) is 7.25. The summed E-state index contributed by atoms with van der Waals surface area (Å²) in [6.07, 6.45) is 0. The van der Waals surface area contributed by atoms with E-state index >= 15 is 0 Å². The van der Waals surface area contributed by atoms with Gasteiger partial charge in [0.2, 0.25) is 0 Å². The Morgan fingerprint density at radius 1 is 1.15 bits per heavy atom. The smallest absolute Gasteiger partial charge is 0.0356 e. The standard InChI is InChI=1S/C11H9IS/c1-8-10(12)7-11(13-8)9-5-3-2-4-6-9/h2-7H,1H3. The summed E-state index contributed by atoms with van der Waals surface area (Å²) in [4.78, 5) is 2.77. The Bertz CT molecular complexity index is 384. The fraction of sp³-hybridized carbons (Fsp3) is 0.0909. The molecular formula is C11H9IS. The first-order chi connectivity index (χ1) is 6.27. The van der Waals surface area contributed by atoms with Crippen molar-refractivity contribution in [1.29, 1.82) is 0 Å². The molecule has 0 nitrogen and oxygen atoms in total. The number of benzene rings is 1. The number of hydrogen-bond acceptors (Lipinski definition) is 1. The average Bonchev–Trinajstić information content (AvgIpc) is 2.49. The minimum absolute atomic E-state index is 1.32. The van der Waals surface area contributed by atoms with Crippen molar-refractivity contribution < 1.29 is 0 Å². The number of hydrogen-bond donors (Lipinski definition) is 0. The molecule has 2 aromatic rings. The van der Waals surface area contributed by atoms with E-state index < -0.39 is 0 Å². The van der Waals surface area contributed by atoms with Gasteiger partial charge in [-0.1, -0.05) is 30.3 Å². The molecule has 0 saturated carbocycles. The summed E-state index contributed by atoms with van der Waals surface area (Å²) in [5.41, 5.74) is 1.32. The van der Waals surface area contributed by atoms with E-state index in [4.69, 9.17) is 0 Å². The number of rotatable bonds is 1. The Kier molecular flexibility index (Phi) is 2.69. The SMILES string of the molecule is Cc1sc(-c2ccccc2)cc1I. The van der Waals surface area contributed by atoms with E-state index in [9.17, 15) is 0 Å². The highest BCUT2D eigenvalue weighted by Crippen LogP contribution is 2.31. The zero-order valence-corrected chi connectivity index (χ0v) is 10.2. The first-order valence-electron chi connectivity index (χ1n) is 4.09. The van der Waals surface area contributed by atoms with Crippen LogP contribution < -0.4 is 0 Å². The largest absolute Gasteiger partial charge is 0.139 e. The third-order valence-electron chi connectivity index (χ3n) is 1.92. The van der Waals surface area contributed by atoms with Crippen molar-refractivity contribution in [1.82, 2.24) is 0 Å². The van der Waals surface area contributed by atoms with Gasteiger partial charge in [-0.25, -0.2) is 0 Å². The highest BCUT2D eigenvalue weighted by atomic mass is 127. The van der Waals surface area contributed by atoms with Crippen LogP contribution in [0.25, 0.3) is 10.4 Å². The number of thiophene rings is 1. The quantitative estimate of drug-likeness (QED) is 0.688. The van der Waals surface area contributed by atoms with Crippen molar-refractivity contribution in [3.63, 3.8) is 0 Å². The molecule has 0 atom stereocenters. The summed E-state index contributed by atoms with van der Waals surface area (Å²) >= 11 is 4.24. The lowest BCUT2D eigenvalue weighted by Crippen LogP contribution is -1.68. The van der Waals surface area contributed by atoms with Gasteiger partial charge in [0.1, 0.15) is 0 Å². The molecule has 2 heteroatoms. The van der Waals surface area contributed by atoms with E-state index in [1.54, 1.807) is 0 Å². The van der Waals surface area contributed by atoms with E-state index in [2.05, 4.69) is 65.9 Å². The van der Waals surface area contributed by atoms with E-state index in [1.807, 2.05) is 11.3 Å². The van der Waals surface area contributed by atoms with Gasteiger partial charge in [0.05, 0.1) is 0 Å². The fourth-order valence-corrected chi connectivity index (χ4v) is 2.97. The molecule has 1 aromatic heterocycles. The lowest BCUT2D eigenvalue weighted by atomic mass is 10.2. The van der Waals surface area contributed by atoms with Crippen LogP contribution in [-0.2, 0) is 0 Å². The van der Waals surface area contributed by atoms with Crippen LogP contribution in [0.15, 0.2) is 36.4 Å². The molecule has 66 valence electrons. The Morgan fingerprint density at radius 3 is 2.38 bits per heavy atom. The molecule has 0 aliphatic carbocycles. The normalized spacial score (nSPS) is 10.3. The molecule has 0 aliphatic rings. The monoisotopic (exact) mass is 300 g/mol. The average molecular weight is 300 g/mol. The summed E-state index contributed by atoms with van der Waals surface area (Å²) in [7, 11) is 0. The number of aryl methyl sites for hydroxylation is 1. The van der Waals surface area contributed by atoms with Gasteiger partial charge in [-0.15, -0.1) is 11.3 Å². The van der Waals surface area contributed by atoms with Crippen LogP contribution in [0.5, 0.6) is 0 Å². The van der Waals surface area contributed by atoms with Gasteiger partial charge in [-0.05, 0) is 41.1 Å². The summed E-state index contributed by atoms with van der Waals surface area (Å²) in [5, 5.41) is 0. The van der Waals surface area contributed by atoms with Crippen molar-refractivity contribution in [3.8, 4) is 10.4 Å². The van der Waals surface area contributed by atoms with Crippen molar-refractivity contribution >= 4 is 33.9 Å². The molecule has 0 amide bonds. The predicted molar refractivity (Wildman–Crippen MR) is 67.2 cm³/mol. The summed E-state index contributed by atoms with van der Waals surface area (Å²) in [5.74, 6) is 0. The lowest BCUT2D eigenvalue weighted by molar-refractivity contribution is 1.58. The Labute approximate surface area is 95.8 Å². The van der Waals surface area contributed by atoms with Gasteiger partial charge in [0, 0.05) is 13.3 Å². The Morgan fingerprint density at radius 2 is 1.85 bits per heavy atom. The Hall–Kier alpha value is -0.350. The van der Waals surface area contributed by atoms with E-state index in [-0.39, 0.29) is 0 Å². The summed E-state index contributed by atoms with van der Waals surface area (Å²) in [6, 6.07) is 12.8. The first kappa shape index (κ1) is 9.21. The maximum atomic E-state index is 2.38. The van der Waals surface area contributed by atoms with Crippen LogP contribution in [0.4, 0.5) is 0 Å². The van der Waals surface area contributed by atoms with Crippen LogP contribution >= 0.6 is 33.9 Å². The van der Waals surface area contributed by atoms with Gasteiger partial charge in [0.25, 0.3) is 0 Å². The first-order valence-corrected chi connectivity index (χ1v) is 5.98. The van der Waals surface area contributed by atoms with Gasteiger partial charge in [-0.2, -0.15) is 0 Å². The second-order valence-corrected chi connectivity index (χ2v) is 5.30. The van der Waals surface area contributed by atoms with Gasteiger partial charge >= 0.3 is 0 Å². The highest BCUT2D eigenvalue weighted by molar-refractivity contribution is 14.1. The van der Waals surface area contributed by atoms with E-state index in [0.29, 0.717) is 0 Å². The fourth-order valence-electron chi connectivity index (χ4n) is 1.20. The van der Waals surface area contributed by atoms with Crippen LogP contribution in [0, 0.1) is 10.5 Å². The molecule has 0 fully saturated rings. The molecule has 1 aromatic carbocycles. The molecule has 0 unspecified atom stereocenters. The maximum Gasteiger partial charge on any atom is 0.0356 e. The molecule has 1 heterocycles. The van der Waals surface area contributed by atoms with Gasteiger partial charge in [0.15, 0.2) is 0 Å². The van der Waals surface area contributed by atoms with Crippen LogP contribution in [-0.4, -0.2) is 0 Å². The molecule has 0 radical (unpaired) electrons.